The Morgan fingerprint density at radius 1 is 0.758 bits per heavy atom. The number of pyridine rings is 1. The Bertz CT molecular complexity index is 1350. The SMILES string of the molecule is CCC(=O)CCC(=O)Cc1ccc2nc(-c3ccccc3F)c(-c3ccccc3F)cc2c1. The Kier molecular flexibility index (Phi) is 6.68. The molecule has 4 rings (SSSR count). The van der Waals surface area contributed by atoms with Crippen LogP contribution in [-0.4, -0.2) is 16.6 Å². The Morgan fingerprint density at radius 3 is 2.06 bits per heavy atom. The van der Waals surface area contributed by atoms with E-state index >= 15 is 0 Å². The van der Waals surface area contributed by atoms with Crippen LogP contribution in [0, 0.1) is 11.6 Å². The normalized spacial score (nSPS) is 11.0. The number of carbonyl (C=O) groups is 2. The van der Waals surface area contributed by atoms with Crippen molar-refractivity contribution >= 4 is 22.5 Å². The predicted octanol–water partition coefficient (Wildman–Crippen LogP) is 6.72. The van der Waals surface area contributed by atoms with E-state index in [-0.39, 0.29) is 36.4 Å². The fraction of sp³-hybridized carbons (Fsp3) is 0.179. The van der Waals surface area contributed by atoms with Crippen molar-refractivity contribution in [1.82, 2.24) is 4.98 Å². The van der Waals surface area contributed by atoms with E-state index in [9.17, 15) is 18.4 Å². The first-order valence-electron chi connectivity index (χ1n) is 10.9. The van der Waals surface area contributed by atoms with E-state index in [1.54, 1.807) is 55.5 Å². The zero-order chi connectivity index (χ0) is 23.4. The minimum absolute atomic E-state index is 0.0126. The molecule has 1 heterocycles. The van der Waals surface area contributed by atoms with Crippen LogP contribution < -0.4 is 0 Å². The third-order valence-electron chi connectivity index (χ3n) is 5.65. The van der Waals surface area contributed by atoms with E-state index in [4.69, 9.17) is 0 Å². The number of carbonyl (C=O) groups excluding carboxylic acids is 2. The van der Waals surface area contributed by atoms with Crippen molar-refractivity contribution in [1.29, 1.82) is 0 Å². The molecule has 0 bridgehead atoms. The summed E-state index contributed by atoms with van der Waals surface area (Å²) in [6, 6.07) is 19.8. The highest BCUT2D eigenvalue weighted by Gasteiger charge is 2.17. The van der Waals surface area contributed by atoms with Gasteiger partial charge in [0.15, 0.2) is 0 Å². The molecular formula is C28H23F2NO2. The number of hydrogen-bond donors (Lipinski definition) is 0. The molecule has 166 valence electrons. The van der Waals surface area contributed by atoms with Gasteiger partial charge in [-0.05, 0) is 42.0 Å². The largest absolute Gasteiger partial charge is 0.300 e. The quantitative estimate of drug-likeness (QED) is 0.304. The van der Waals surface area contributed by atoms with E-state index in [2.05, 4.69) is 4.98 Å². The van der Waals surface area contributed by atoms with Crippen molar-refractivity contribution in [3.8, 4) is 22.4 Å². The maximum absolute atomic E-state index is 14.7. The van der Waals surface area contributed by atoms with Gasteiger partial charge in [0.1, 0.15) is 23.2 Å². The Hall–Kier alpha value is -3.73. The molecule has 33 heavy (non-hydrogen) atoms. The molecule has 3 nitrogen and oxygen atoms in total. The second-order valence-electron chi connectivity index (χ2n) is 7.98. The second kappa shape index (κ2) is 9.82. The summed E-state index contributed by atoms with van der Waals surface area (Å²) in [5.74, 6) is -0.809. The molecule has 0 radical (unpaired) electrons. The van der Waals surface area contributed by atoms with Gasteiger partial charge in [0.05, 0.1) is 11.2 Å². The number of hydrogen-bond acceptors (Lipinski definition) is 3. The summed E-state index contributed by atoms with van der Waals surface area (Å²) in [5.41, 5.74) is 2.85. The molecule has 4 aromatic rings. The second-order valence-corrected chi connectivity index (χ2v) is 7.98. The van der Waals surface area contributed by atoms with Gasteiger partial charge in [-0.2, -0.15) is 0 Å². The van der Waals surface area contributed by atoms with Crippen LogP contribution in [-0.2, 0) is 16.0 Å². The number of ketones is 2. The molecule has 0 saturated heterocycles. The average molecular weight is 443 g/mol. The van der Waals surface area contributed by atoms with E-state index in [1.165, 1.54) is 12.1 Å². The minimum Gasteiger partial charge on any atom is -0.300 e. The van der Waals surface area contributed by atoms with Crippen molar-refractivity contribution in [3.05, 3.63) is 90.0 Å². The Balaban J connectivity index is 1.78. The monoisotopic (exact) mass is 443 g/mol. The number of aromatic nitrogens is 1. The van der Waals surface area contributed by atoms with E-state index in [0.29, 0.717) is 28.8 Å². The zero-order valence-electron chi connectivity index (χ0n) is 18.3. The Morgan fingerprint density at radius 2 is 1.39 bits per heavy atom. The van der Waals surface area contributed by atoms with Gasteiger partial charge in [0, 0.05) is 47.8 Å². The number of rotatable bonds is 8. The lowest BCUT2D eigenvalue weighted by molar-refractivity contribution is -0.123. The summed E-state index contributed by atoms with van der Waals surface area (Å²) in [7, 11) is 0. The van der Waals surface area contributed by atoms with Crippen molar-refractivity contribution in [2.45, 2.75) is 32.6 Å². The van der Waals surface area contributed by atoms with Crippen molar-refractivity contribution < 1.29 is 18.4 Å². The Labute approximate surface area is 191 Å². The van der Waals surface area contributed by atoms with Crippen LogP contribution in [0.2, 0.25) is 0 Å². The first kappa shape index (κ1) is 22.5. The number of fused-ring (bicyclic) bond motifs is 1. The summed E-state index contributed by atoms with van der Waals surface area (Å²) in [6.07, 6.45) is 1.11. The van der Waals surface area contributed by atoms with Crippen LogP contribution in [0.5, 0.6) is 0 Å². The molecule has 3 aromatic carbocycles. The first-order valence-corrected chi connectivity index (χ1v) is 10.9. The molecule has 0 atom stereocenters. The first-order chi connectivity index (χ1) is 16.0. The summed E-state index contributed by atoms with van der Waals surface area (Å²) in [4.78, 5) is 28.5. The number of Topliss-reactive ketones (excluding diaryl/α,β-unsaturated/α-hetero) is 2. The van der Waals surface area contributed by atoms with Gasteiger partial charge in [-0.1, -0.05) is 43.3 Å². The van der Waals surface area contributed by atoms with Crippen LogP contribution in [0.25, 0.3) is 33.3 Å². The fourth-order valence-electron chi connectivity index (χ4n) is 3.85. The molecule has 0 amide bonds. The van der Waals surface area contributed by atoms with Crippen LogP contribution in [0.3, 0.4) is 0 Å². The third-order valence-corrected chi connectivity index (χ3v) is 5.65. The maximum atomic E-state index is 14.7. The molecular weight excluding hydrogens is 420 g/mol. The van der Waals surface area contributed by atoms with E-state index in [1.807, 2.05) is 12.1 Å². The van der Waals surface area contributed by atoms with Gasteiger partial charge in [0.2, 0.25) is 0 Å². The molecule has 0 saturated carbocycles. The fourth-order valence-corrected chi connectivity index (χ4v) is 3.85. The van der Waals surface area contributed by atoms with Crippen LogP contribution >= 0.6 is 0 Å². The third kappa shape index (κ3) is 5.03. The molecule has 5 heteroatoms. The van der Waals surface area contributed by atoms with Gasteiger partial charge in [-0.3, -0.25) is 9.59 Å². The van der Waals surface area contributed by atoms with E-state index < -0.39 is 11.6 Å². The van der Waals surface area contributed by atoms with Gasteiger partial charge in [0.25, 0.3) is 0 Å². The lowest BCUT2D eigenvalue weighted by Gasteiger charge is -2.13. The standard InChI is InChI=1S/C28H23F2NO2/c1-2-20(32)12-13-21(33)16-18-11-14-27-19(15-18)17-24(22-7-3-5-9-25(22)29)28(31-27)23-8-4-6-10-26(23)30/h3-11,14-15,17H,2,12-13,16H2,1H3. The van der Waals surface area contributed by atoms with Gasteiger partial charge < -0.3 is 0 Å². The maximum Gasteiger partial charge on any atom is 0.137 e. The molecule has 0 aliphatic carbocycles. The molecule has 0 fully saturated rings. The smallest absolute Gasteiger partial charge is 0.137 e. The van der Waals surface area contributed by atoms with Gasteiger partial charge >= 0.3 is 0 Å². The summed E-state index contributed by atoms with van der Waals surface area (Å²) >= 11 is 0. The van der Waals surface area contributed by atoms with Gasteiger partial charge in [-0.15, -0.1) is 0 Å². The summed E-state index contributed by atoms with van der Waals surface area (Å²) in [6.45, 7) is 1.78. The minimum atomic E-state index is -0.439. The number of nitrogens with zero attached hydrogens (tertiary/aromatic N) is 1. The molecule has 0 aliphatic heterocycles. The average Bonchev–Trinajstić information content (AvgIpc) is 2.82. The molecule has 1 aromatic heterocycles. The summed E-state index contributed by atoms with van der Waals surface area (Å²) < 4.78 is 29.3. The van der Waals surface area contributed by atoms with E-state index in [0.717, 1.165) is 10.9 Å². The van der Waals surface area contributed by atoms with Crippen LogP contribution in [0.1, 0.15) is 31.7 Å². The highest BCUT2D eigenvalue weighted by Crippen LogP contribution is 2.36. The summed E-state index contributed by atoms with van der Waals surface area (Å²) in [5, 5.41) is 0.725. The lowest BCUT2D eigenvalue weighted by atomic mass is 9.95. The molecule has 0 N–H and O–H groups in total. The van der Waals surface area contributed by atoms with Crippen molar-refractivity contribution in [2.75, 3.05) is 0 Å². The van der Waals surface area contributed by atoms with Crippen molar-refractivity contribution in [2.24, 2.45) is 0 Å². The predicted molar refractivity (Wildman–Crippen MR) is 126 cm³/mol. The molecule has 0 spiro atoms. The topological polar surface area (TPSA) is 47.0 Å². The molecule has 0 aliphatic rings. The lowest BCUT2D eigenvalue weighted by Crippen LogP contribution is -2.06. The van der Waals surface area contributed by atoms with Crippen LogP contribution in [0.4, 0.5) is 8.78 Å². The highest BCUT2D eigenvalue weighted by molar-refractivity contribution is 5.93. The number of halogens is 2. The highest BCUT2D eigenvalue weighted by atomic mass is 19.1. The molecule has 0 unspecified atom stereocenters. The van der Waals surface area contributed by atoms with Gasteiger partial charge in [-0.25, -0.2) is 13.8 Å². The van der Waals surface area contributed by atoms with Crippen LogP contribution in [0.15, 0.2) is 72.8 Å². The van der Waals surface area contributed by atoms with Crippen molar-refractivity contribution in [3.63, 3.8) is 0 Å². The zero-order valence-corrected chi connectivity index (χ0v) is 18.3. The number of benzene rings is 3.